The number of aromatic nitrogens is 3. The van der Waals surface area contributed by atoms with Gasteiger partial charge in [0.15, 0.2) is 5.96 Å². The monoisotopic (exact) mass is 625 g/mol. The van der Waals surface area contributed by atoms with Crippen LogP contribution < -0.4 is 38.9 Å². The summed E-state index contributed by atoms with van der Waals surface area (Å²) in [5, 5.41) is 18.6. The van der Waals surface area contributed by atoms with Gasteiger partial charge in [-0.25, -0.2) is 9.78 Å². The first kappa shape index (κ1) is 34.5. The normalized spacial score (nSPS) is 13.7. The summed E-state index contributed by atoms with van der Waals surface area (Å²) in [5.74, 6) is -3.24. The van der Waals surface area contributed by atoms with Gasteiger partial charge in [-0.2, -0.15) is 0 Å². The minimum atomic E-state index is -1.20. The third-order valence-corrected chi connectivity index (χ3v) is 7.20. The molecule has 0 saturated heterocycles. The number of benzene rings is 1. The predicted octanol–water partition coefficient (Wildman–Crippen LogP) is -1.27. The van der Waals surface area contributed by atoms with Crippen molar-refractivity contribution in [2.75, 3.05) is 13.1 Å². The van der Waals surface area contributed by atoms with Crippen molar-refractivity contribution in [1.82, 2.24) is 30.9 Å². The molecule has 0 fully saturated rings. The number of nitrogens with zero attached hydrogens (tertiary/aromatic N) is 2. The number of carbonyl (C=O) groups is 4. The number of carboxylic acid groups (broad SMARTS) is 1. The molecule has 0 spiro atoms. The van der Waals surface area contributed by atoms with Crippen LogP contribution in [0.25, 0.3) is 10.9 Å². The molecule has 14 N–H and O–H groups in total. The minimum absolute atomic E-state index is 0.0464. The second-order valence-corrected chi connectivity index (χ2v) is 10.7. The van der Waals surface area contributed by atoms with Crippen molar-refractivity contribution in [3.63, 3.8) is 0 Å². The van der Waals surface area contributed by atoms with Gasteiger partial charge < -0.3 is 54.0 Å². The largest absolute Gasteiger partial charge is 0.480 e. The van der Waals surface area contributed by atoms with Crippen molar-refractivity contribution in [1.29, 1.82) is 0 Å². The van der Waals surface area contributed by atoms with Crippen LogP contribution >= 0.6 is 0 Å². The second-order valence-electron chi connectivity index (χ2n) is 10.7. The highest BCUT2D eigenvalue weighted by Gasteiger charge is 2.31. The fourth-order valence-electron chi connectivity index (χ4n) is 4.80. The van der Waals surface area contributed by atoms with E-state index in [1.807, 2.05) is 24.3 Å². The van der Waals surface area contributed by atoms with Crippen molar-refractivity contribution >= 4 is 40.6 Å². The number of carboxylic acids is 1. The van der Waals surface area contributed by atoms with Crippen LogP contribution in [0, 0.1) is 0 Å². The molecule has 16 heteroatoms. The lowest BCUT2D eigenvalue weighted by Gasteiger charge is -2.25. The molecule has 0 saturated carbocycles. The molecule has 3 amide bonds. The number of hydrogen-bond acceptors (Lipinski definition) is 8. The zero-order valence-electron chi connectivity index (χ0n) is 25.0. The molecule has 4 unspecified atom stereocenters. The third kappa shape index (κ3) is 10.9. The maximum absolute atomic E-state index is 13.7. The zero-order chi connectivity index (χ0) is 32.8. The first-order valence-corrected chi connectivity index (χ1v) is 14.8. The van der Waals surface area contributed by atoms with Gasteiger partial charge in [0.2, 0.25) is 17.7 Å². The van der Waals surface area contributed by atoms with Crippen molar-refractivity contribution in [3.8, 4) is 0 Å². The Kier molecular flexibility index (Phi) is 13.3. The van der Waals surface area contributed by atoms with E-state index in [9.17, 15) is 24.3 Å². The first-order chi connectivity index (χ1) is 21.6. The number of aromatic amines is 2. The maximum atomic E-state index is 13.7. The molecule has 45 heavy (non-hydrogen) atoms. The number of para-hydroxylation sites is 1. The summed E-state index contributed by atoms with van der Waals surface area (Å²) in [7, 11) is 0. The topological polar surface area (TPSA) is 286 Å². The van der Waals surface area contributed by atoms with E-state index in [2.05, 4.69) is 35.9 Å². The molecule has 3 rings (SSSR count). The first-order valence-electron chi connectivity index (χ1n) is 14.8. The van der Waals surface area contributed by atoms with Crippen LogP contribution in [-0.2, 0) is 32.0 Å². The summed E-state index contributed by atoms with van der Waals surface area (Å²) in [6.07, 6.45) is 6.66. The lowest BCUT2D eigenvalue weighted by atomic mass is 10.0. The molecule has 244 valence electrons. The molecule has 4 atom stereocenters. The van der Waals surface area contributed by atoms with E-state index in [4.69, 9.17) is 22.9 Å². The smallest absolute Gasteiger partial charge is 0.326 e. The highest BCUT2D eigenvalue weighted by molar-refractivity contribution is 5.95. The molecule has 2 heterocycles. The Balaban J connectivity index is 1.82. The van der Waals surface area contributed by atoms with Gasteiger partial charge in [-0.15, -0.1) is 0 Å². The number of rotatable bonds is 19. The number of nitrogens with two attached hydrogens (primary N) is 4. The number of hydrogen-bond donors (Lipinski definition) is 10. The van der Waals surface area contributed by atoms with E-state index in [1.165, 1.54) is 6.33 Å². The molecule has 2 aromatic heterocycles. The summed E-state index contributed by atoms with van der Waals surface area (Å²) in [5.41, 5.74) is 24.7. The molecule has 0 aliphatic heterocycles. The van der Waals surface area contributed by atoms with Crippen LogP contribution in [-0.4, -0.2) is 87.0 Å². The van der Waals surface area contributed by atoms with Crippen LogP contribution in [0.3, 0.4) is 0 Å². The molecule has 0 bridgehead atoms. The number of aliphatic imine (C=N–C) groups is 1. The van der Waals surface area contributed by atoms with Crippen LogP contribution in [0.2, 0.25) is 0 Å². The van der Waals surface area contributed by atoms with E-state index >= 15 is 0 Å². The molecule has 0 aliphatic rings. The molecule has 0 aliphatic carbocycles. The summed E-state index contributed by atoms with van der Waals surface area (Å²) < 4.78 is 0. The number of unbranched alkanes of at least 4 members (excludes halogenated alkanes) is 1. The molecular formula is C29H43N11O5. The molecule has 1 aromatic carbocycles. The molecule has 0 radical (unpaired) electrons. The summed E-state index contributed by atoms with van der Waals surface area (Å²) in [4.78, 5) is 66.1. The van der Waals surface area contributed by atoms with Crippen LogP contribution in [0.1, 0.15) is 43.4 Å². The SMILES string of the molecule is NCCCCC(NC(=O)C(Cc1c[nH]c2ccccc12)NC(=O)C(CCCN=C(N)N)NC(=O)C(N)Cc1cnc[nH]1)C(=O)O. The van der Waals surface area contributed by atoms with Gasteiger partial charge in [-0.1, -0.05) is 18.2 Å². The lowest BCUT2D eigenvalue weighted by Crippen LogP contribution is -2.57. The van der Waals surface area contributed by atoms with E-state index in [0.717, 1.165) is 16.5 Å². The van der Waals surface area contributed by atoms with E-state index in [-0.39, 0.29) is 38.2 Å². The Morgan fingerprint density at radius 1 is 0.889 bits per heavy atom. The fraction of sp³-hybridized carbons (Fsp3) is 0.448. The Labute approximate surface area is 260 Å². The predicted molar refractivity (Wildman–Crippen MR) is 169 cm³/mol. The van der Waals surface area contributed by atoms with Crippen LogP contribution in [0.4, 0.5) is 0 Å². The number of imidazole rings is 1. The molecular weight excluding hydrogens is 582 g/mol. The number of carbonyl (C=O) groups excluding carboxylic acids is 3. The van der Waals surface area contributed by atoms with Crippen LogP contribution in [0.5, 0.6) is 0 Å². The van der Waals surface area contributed by atoms with Crippen LogP contribution in [0.15, 0.2) is 48.0 Å². The van der Waals surface area contributed by atoms with Gasteiger partial charge >= 0.3 is 5.97 Å². The lowest BCUT2D eigenvalue weighted by molar-refractivity contribution is -0.142. The highest BCUT2D eigenvalue weighted by Crippen LogP contribution is 2.19. The van der Waals surface area contributed by atoms with Crippen molar-refractivity contribution in [2.45, 2.75) is 69.1 Å². The zero-order valence-corrected chi connectivity index (χ0v) is 25.0. The number of fused-ring (bicyclic) bond motifs is 1. The van der Waals surface area contributed by atoms with Crippen molar-refractivity contribution in [3.05, 3.63) is 54.2 Å². The number of amides is 3. The average molecular weight is 626 g/mol. The third-order valence-electron chi connectivity index (χ3n) is 7.20. The van der Waals surface area contributed by atoms with Gasteiger partial charge in [-0.3, -0.25) is 19.4 Å². The molecule has 16 nitrogen and oxygen atoms in total. The number of H-pyrrole nitrogens is 2. The van der Waals surface area contributed by atoms with Gasteiger partial charge in [0.05, 0.1) is 12.4 Å². The average Bonchev–Trinajstić information content (AvgIpc) is 3.67. The Morgan fingerprint density at radius 3 is 2.27 bits per heavy atom. The number of guanidine groups is 1. The number of nitrogens with one attached hydrogen (secondary N) is 5. The number of aliphatic carboxylic acids is 1. The summed E-state index contributed by atoms with van der Waals surface area (Å²) in [6, 6.07) is 3.01. The Morgan fingerprint density at radius 2 is 1.58 bits per heavy atom. The highest BCUT2D eigenvalue weighted by atomic mass is 16.4. The summed E-state index contributed by atoms with van der Waals surface area (Å²) in [6.45, 7) is 0.589. The van der Waals surface area contributed by atoms with Crippen molar-refractivity contribution < 1.29 is 24.3 Å². The van der Waals surface area contributed by atoms with Gasteiger partial charge in [-0.05, 0) is 50.3 Å². The molecule has 3 aromatic rings. The maximum Gasteiger partial charge on any atom is 0.326 e. The van der Waals surface area contributed by atoms with Crippen molar-refractivity contribution in [2.24, 2.45) is 27.9 Å². The summed E-state index contributed by atoms with van der Waals surface area (Å²) >= 11 is 0. The van der Waals surface area contributed by atoms with Gasteiger partial charge in [0.1, 0.15) is 18.1 Å². The standard InChI is InChI=1S/C29H43N11O5/c30-10-4-3-8-23(28(44)45)39-27(43)24(12-17-14-36-21-7-2-1-6-19(17)21)40-26(42)22(9-5-11-35-29(32)33)38-25(41)20(31)13-18-15-34-16-37-18/h1-2,6-7,14-16,20,22-24,36H,3-5,8-13,30-31H2,(H,34,37)(H,38,41)(H,39,43)(H,40,42)(H,44,45)(H4,32,33,35). The van der Waals surface area contributed by atoms with E-state index < -0.39 is 47.9 Å². The second kappa shape index (κ2) is 17.4. The Bertz CT molecular complexity index is 1440. The Hall–Kier alpha value is -4.96. The minimum Gasteiger partial charge on any atom is -0.480 e. The fourth-order valence-corrected chi connectivity index (χ4v) is 4.80. The quantitative estimate of drug-likeness (QED) is 0.0428. The van der Waals surface area contributed by atoms with E-state index in [1.54, 1.807) is 12.4 Å². The van der Waals surface area contributed by atoms with Gasteiger partial charge in [0.25, 0.3) is 0 Å². The van der Waals surface area contributed by atoms with E-state index in [0.29, 0.717) is 31.5 Å². The van der Waals surface area contributed by atoms with Gasteiger partial charge in [0, 0.05) is 48.4 Å².